The van der Waals surface area contributed by atoms with Crippen molar-refractivity contribution < 1.29 is 8.78 Å². The lowest BCUT2D eigenvalue weighted by Crippen LogP contribution is -2.12. The van der Waals surface area contributed by atoms with Crippen LogP contribution in [0.4, 0.5) is 8.78 Å². The van der Waals surface area contributed by atoms with Crippen molar-refractivity contribution >= 4 is 27.5 Å². The van der Waals surface area contributed by atoms with Crippen molar-refractivity contribution in [1.82, 2.24) is 0 Å². The Bertz CT molecular complexity index is 441. The highest BCUT2D eigenvalue weighted by atomic mass is 79.9. The molecule has 0 radical (unpaired) electrons. The van der Waals surface area contributed by atoms with E-state index in [2.05, 4.69) is 43.6 Å². The summed E-state index contributed by atoms with van der Waals surface area (Å²) in [6.45, 7) is 8.74. The standard InChI is InChI=1S/C15H20BrClF2/c1-9(8-15(2,3)4)5-11(16)10-6-13(18)14(19)7-12(10)17/h6-7,9,11H,5,8H2,1-4H3. The van der Waals surface area contributed by atoms with Gasteiger partial charge < -0.3 is 0 Å². The van der Waals surface area contributed by atoms with E-state index in [9.17, 15) is 8.78 Å². The number of hydrogen-bond donors (Lipinski definition) is 0. The van der Waals surface area contributed by atoms with Crippen molar-refractivity contribution in [1.29, 1.82) is 0 Å². The van der Waals surface area contributed by atoms with Gasteiger partial charge in [0.1, 0.15) is 0 Å². The smallest absolute Gasteiger partial charge is 0.160 e. The molecule has 0 fully saturated rings. The van der Waals surface area contributed by atoms with E-state index in [0.29, 0.717) is 11.5 Å². The Morgan fingerprint density at radius 1 is 1.21 bits per heavy atom. The Labute approximate surface area is 127 Å². The fraction of sp³-hybridized carbons (Fsp3) is 0.600. The molecule has 0 aliphatic rings. The summed E-state index contributed by atoms with van der Waals surface area (Å²) in [5.41, 5.74) is 0.866. The van der Waals surface area contributed by atoms with Crippen LogP contribution in [-0.2, 0) is 0 Å². The van der Waals surface area contributed by atoms with E-state index < -0.39 is 11.6 Å². The van der Waals surface area contributed by atoms with Crippen LogP contribution in [0.2, 0.25) is 5.02 Å². The van der Waals surface area contributed by atoms with Crippen molar-refractivity contribution in [2.75, 3.05) is 0 Å². The first-order valence-corrected chi connectivity index (χ1v) is 7.68. The second kappa shape index (κ2) is 6.53. The summed E-state index contributed by atoms with van der Waals surface area (Å²) in [6.07, 6.45) is 1.90. The van der Waals surface area contributed by atoms with Gasteiger partial charge in [-0.05, 0) is 41.9 Å². The zero-order chi connectivity index (χ0) is 14.8. The lowest BCUT2D eigenvalue weighted by atomic mass is 9.83. The Morgan fingerprint density at radius 3 is 2.26 bits per heavy atom. The molecule has 108 valence electrons. The molecule has 19 heavy (non-hydrogen) atoms. The van der Waals surface area contributed by atoms with Gasteiger partial charge in [0.25, 0.3) is 0 Å². The van der Waals surface area contributed by atoms with Crippen LogP contribution in [0.5, 0.6) is 0 Å². The van der Waals surface area contributed by atoms with Gasteiger partial charge >= 0.3 is 0 Å². The molecule has 4 heteroatoms. The van der Waals surface area contributed by atoms with Crippen molar-refractivity contribution in [3.05, 3.63) is 34.4 Å². The maximum Gasteiger partial charge on any atom is 0.160 e. The molecule has 0 aliphatic heterocycles. The third-order valence-electron chi connectivity index (χ3n) is 2.95. The van der Waals surface area contributed by atoms with E-state index >= 15 is 0 Å². The first-order chi connectivity index (χ1) is 8.60. The Balaban J connectivity index is 2.78. The molecule has 1 rings (SSSR count). The molecular formula is C15H20BrClF2. The molecule has 0 amide bonds. The highest BCUT2D eigenvalue weighted by Crippen LogP contribution is 2.38. The summed E-state index contributed by atoms with van der Waals surface area (Å²) in [6, 6.07) is 2.22. The van der Waals surface area contributed by atoms with Gasteiger partial charge in [0.15, 0.2) is 11.6 Å². The minimum Gasteiger partial charge on any atom is -0.204 e. The molecule has 0 N–H and O–H groups in total. The second-order valence-corrected chi connectivity index (χ2v) is 7.87. The molecule has 0 aromatic heterocycles. The summed E-state index contributed by atoms with van der Waals surface area (Å²) < 4.78 is 26.3. The highest BCUT2D eigenvalue weighted by molar-refractivity contribution is 9.09. The van der Waals surface area contributed by atoms with E-state index in [1.807, 2.05) is 0 Å². The van der Waals surface area contributed by atoms with E-state index in [1.165, 1.54) is 6.07 Å². The molecule has 2 unspecified atom stereocenters. The molecule has 0 saturated heterocycles. The number of alkyl halides is 1. The lowest BCUT2D eigenvalue weighted by Gasteiger charge is -2.25. The maximum absolute atomic E-state index is 13.3. The van der Waals surface area contributed by atoms with Crippen LogP contribution in [-0.4, -0.2) is 0 Å². The van der Waals surface area contributed by atoms with E-state index in [1.54, 1.807) is 0 Å². The van der Waals surface area contributed by atoms with Crippen LogP contribution in [0.1, 0.15) is 50.9 Å². The Morgan fingerprint density at radius 2 is 1.74 bits per heavy atom. The largest absolute Gasteiger partial charge is 0.204 e. The number of rotatable bonds is 4. The molecule has 1 aromatic carbocycles. The summed E-state index contributed by atoms with van der Waals surface area (Å²) in [5.74, 6) is -1.29. The zero-order valence-electron chi connectivity index (χ0n) is 11.7. The van der Waals surface area contributed by atoms with Gasteiger partial charge in [0, 0.05) is 9.85 Å². The van der Waals surface area contributed by atoms with Crippen molar-refractivity contribution in [3.8, 4) is 0 Å². The van der Waals surface area contributed by atoms with Gasteiger partial charge in [0.05, 0.1) is 0 Å². The molecule has 0 saturated carbocycles. The minimum atomic E-state index is -0.906. The van der Waals surface area contributed by atoms with Crippen molar-refractivity contribution in [3.63, 3.8) is 0 Å². The number of halogens is 4. The molecule has 0 nitrogen and oxygen atoms in total. The van der Waals surface area contributed by atoms with Gasteiger partial charge in [-0.25, -0.2) is 8.78 Å². The number of benzene rings is 1. The van der Waals surface area contributed by atoms with Gasteiger partial charge in [-0.3, -0.25) is 0 Å². The maximum atomic E-state index is 13.3. The van der Waals surface area contributed by atoms with Crippen LogP contribution in [0, 0.1) is 23.0 Å². The van der Waals surface area contributed by atoms with Gasteiger partial charge in [-0.2, -0.15) is 0 Å². The van der Waals surface area contributed by atoms with Gasteiger partial charge in [-0.1, -0.05) is 55.2 Å². The molecule has 0 bridgehead atoms. The summed E-state index contributed by atoms with van der Waals surface area (Å²) in [4.78, 5) is -0.0625. The monoisotopic (exact) mass is 352 g/mol. The molecule has 0 aliphatic carbocycles. The molecular weight excluding hydrogens is 334 g/mol. The Hall–Kier alpha value is -0.150. The fourth-order valence-corrected chi connectivity index (χ4v) is 3.82. The minimum absolute atomic E-state index is 0.0625. The third kappa shape index (κ3) is 5.39. The highest BCUT2D eigenvalue weighted by Gasteiger charge is 2.21. The second-order valence-electron chi connectivity index (χ2n) is 6.36. The van der Waals surface area contributed by atoms with Crippen molar-refractivity contribution in [2.24, 2.45) is 11.3 Å². The molecule has 1 aromatic rings. The average molecular weight is 354 g/mol. The summed E-state index contributed by atoms with van der Waals surface area (Å²) in [7, 11) is 0. The normalized spacial score (nSPS) is 15.4. The molecule has 2 atom stereocenters. The van der Waals surface area contributed by atoms with Gasteiger partial charge in [0.2, 0.25) is 0 Å². The summed E-state index contributed by atoms with van der Waals surface area (Å²) >= 11 is 9.51. The zero-order valence-corrected chi connectivity index (χ0v) is 14.1. The average Bonchev–Trinajstić information content (AvgIpc) is 2.20. The quantitative estimate of drug-likeness (QED) is 0.427. The lowest BCUT2D eigenvalue weighted by molar-refractivity contribution is 0.296. The first kappa shape index (κ1) is 16.9. The van der Waals surface area contributed by atoms with Crippen molar-refractivity contribution in [2.45, 2.75) is 45.4 Å². The topological polar surface area (TPSA) is 0 Å². The van der Waals surface area contributed by atoms with Crippen LogP contribution >= 0.6 is 27.5 Å². The first-order valence-electron chi connectivity index (χ1n) is 6.38. The molecule has 0 heterocycles. The van der Waals surface area contributed by atoms with Gasteiger partial charge in [-0.15, -0.1) is 0 Å². The number of hydrogen-bond acceptors (Lipinski definition) is 0. The van der Waals surface area contributed by atoms with Crippen LogP contribution in [0.25, 0.3) is 0 Å². The SMILES string of the molecule is CC(CC(Br)c1cc(F)c(F)cc1Cl)CC(C)(C)C. The van der Waals surface area contributed by atoms with Crippen LogP contribution < -0.4 is 0 Å². The predicted octanol–water partition coefficient (Wildman–Crippen LogP) is 6.52. The third-order valence-corrected chi connectivity index (χ3v) is 4.14. The van der Waals surface area contributed by atoms with Crippen LogP contribution in [0.15, 0.2) is 12.1 Å². The van der Waals surface area contributed by atoms with Crippen LogP contribution in [0.3, 0.4) is 0 Å². The van der Waals surface area contributed by atoms with E-state index in [4.69, 9.17) is 11.6 Å². The Kier molecular flexibility index (Phi) is 5.81. The summed E-state index contributed by atoms with van der Waals surface area (Å²) in [5, 5.41) is 0.267. The molecule has 0 spiro atoms. The fourth-order valence-electron chi connectivity index (χ4n) is 2.39. The predicted molar refractivity (Wildman–Crippen MR) is 80.9 cm³/mol. The van der Waals surface area contributed by atoms with E-state index in [-0.39, 0.29) is 15.3 Å². The van der Waals surface area contributed by atoms with E-state index in [0.717, 1.165) is 18.9 Å².